The van der Waals surface area contributed by atoms with Crippen LogP contribution in [0, 0.1) is 0 Å². The zero-order valence-electron chi connectivity index (χ0n) is 46.3. The van der Waals surface area contributed by atoms with Crippen LogP contribution in [0.4, 0.5) is 0 Å². The minimum Gasteiger partial charge on any atom is -2.00 e. The van der Waals surface area contributed by atoms with Gasteiger partial charge >= 0.3 is 0 Å². The summed E-state index contributed by atoms with van der Waals surface area (Å²) in [5.41, 5.74) is 21.1. The maximum absolute atomic E-state index is 15.1. The molecule has 0 aliphatic heterocycles. The van der Waals surface area contributed by atoms with Crippen LogP contribution < -0.4 is 54.2 Å². The summed E-state index contributed by atoms with van der Waals surface area (Å²) >= 11 is 10.0. The number of hydrogen-bond donors (Lipinski definition) is 12. The Bertz CT molecular complexity index is 3210. The summed E-state index contributed by atoms with van der Waals surface area (Å²) in [5, 5.41) is 40.8. The molecule has 0 bridgehead atoms. The summed E-state index contributed by atoms with van der Waals surface area (Å²) in [6.07, 6.45) is 1.76. The van der Waals surface area contributed by atoms with Crippen molar-refractivity contribution in [1.82, 2.24) is 46.8 Å². The zero-order valence-corrected chi connectivity index (χ0v) is 50.7. The predicted octanol–water partition coefficient (Wildman–Crippen LogP) is -1.93. The van der Waals surface area contributed by atoms with Gasteiger partial charge in [0.1, 0.15) is 36.3 Å². The van der Waals surface area contributed by atoms with Crippen LogP contribution in [0.1, 0.15) is 48.4 Å². The number of nitrogens with two attached hydrogens (primary N) is 3. The Balaban J connectivity index is 0.00000774. The van der Waals surface area contributed by atoms with E-state index in [9.17, 15) is 43.8 Å². The van der Waals surface area contributed by atoms with Gasteiger partial charge in [-0.25, -0.2) is 0 Å². The van der Waals surface area contributed by atoms with Gasteiger partial charge in [0, 0.05) is 80.3 Å². The number of para-hydroxylation sites is 2. The number of amides is 8. The molecule has 27 heteroatoms. The molecule has 8 amide bonds. The Hall–Kier alpha value is -7.61. The fourth-order valence-electron chi connectivity index (χ4n) is 9.42. The van der Waals surface area contributed by atoms with Gasteiger partial charge in [-0.1, -0.05) is 97.1 Å². The summed E-state index contributed by atoms with van der Waals surface area (Å²) in [7, 11) is 0. The molecule has 0 unspecified atom stereocenters. The number of aliphatic hydroxyl groups excluding tert-OH is 1. The Morgan fingerprint density at radius 1 is 0.576 bits per heavy atom. The average Bonchev–Trinajstić information content (AvgIpc) is 4.09. The monoisotopic (exact) mass is 1380 g/mol. The normalized spacial score (nSPS) is 14.2. The second-order valence-corrected chi connectivity index (χ2v) is 20.7. The number of aliphatic hydroxyl groups is 1. The standard InChI is InChI=1S/C58H72N12O11S2.O.Re/c1-33(71)50(56(78)68-47(25-35-16-6-3-7-17-35)57(79)70(30-49(61)72)48(32-83)58(80)81)69-52(74)43(22-12-13-23-59)64-54(76)45(26-36-28-62-41-20-10-8-18-38(36)41)67-55(77)46(27-37-29-63-42-21-11-9-19-39(37)42)66-53(75)44(65-51(73)40(60)31-82)24-34-14-4-2-5-15-34;;/h2-11,14-21,28-29,33,40,43-48,50,62-63,71,82-83H,12-13,22-27,30-32,59-60H2,1H3,(H2,61,72)(H,64,76)(H,65,73)(H,66,75)(H,67,77)(H,68,78)(H,69,74)(H,80,81);;/q;-2;/p-3/t33-,40+,43+,44+,45-,46+,47+,48-,50+;;/m1../s1. The Kier molecular flexibility index (Phi) is 28.3. The molecule has 2 heterocycles. The predicted molar refractivity (Wildman–Crippen MR) is 313 cm³/mol. The van der Waals surface area contributed by atoms with E-state index in [4.69, 9.17) is 42.5 Å². The van der Waals surface area contributed by atoms with Gasteiger partial charge in [0.2, 0.25) is 47.3 Å². The van der Waals surface area contributed by atoms with Gasteiger partial charge in [-0.2, -0.15) is 11.5 Å². The van der Waals surface area contributed by atoms with Crippen molar-refractivity contribution in [3.8, 4) is 0 Å². The number of carboxylic acid groups (broad SMARTS) is 1. The number of nitrogens with one attached hydrogen (secondary N) is 8. The Labute approximate surface area is 515 Å². The van der Waals surface area contributed by atoms with E-state index in [2.05, 4.69) is 41.9 Å². The number of aromatic nitrogens is 2. The minimum atomic E-state index is -1.82. The molecule has 85 heavy (non-hydrogen) atoms. The number of fused-ring (bicyclic) bond motifs is 2. The van der Waals surface area contributed by atoms with Crippen molar-refractivity contribution in [2.75, 3.05) is 24.6 Å². The largest absolute Gasteiger partial charge is 2.00 e. The molecule has 9 atom stereocenters. The number of nitrogens with zero attached hydrogens (tertiary/aromatic N) is 1. The molecule has 24 nitrogen and oxygen atoms in total. The van der Waals surface area contributed by atoms with E-state index < -0.39 is 120 Å². The number of primary amides is 1. The van der Waals surface area contributed by atoms with E-state index in [-0.39, 0.29) is 76.7 Å². The molecule has 2 aromatic heterocycles. The third kappa shape index (κ3) is 20.0. The van der Waals surface area contributed by atoms with Crippen LogP contribution in [0.15, 0.2) is 122 Å². The molecule has 457 valence electrons. The number of unbranched alkanes of at least 4 members (excludes halogenated alkanes) is 1. The quantitative estimate of drug-likeness (QED) is 0.0162. The second-order valence-electron chi connectivity index (χ2n) is 20.0. The van der Waals surface area contributed by atoms with E-state index in [1.165, 1.54) is 6.92 Å². The van der Waals surface area contributed by atoms with Crippen LogP contribution in [0.2, 0.25) is 0 Å². The number of carbonyl (C=O) groups excluding carboxylic acids is 9. The molecular formula is C58H69N12O12ReS2-5. The Morgan fingerprint density at radius 3 is 1.45 bits per heavy atom. The summed E-state index contributed by atoms with van der Waals surface area (Å²) in [6.45, 7) is 0.487. The van der Waals surface area contributed by atoms with Gasteiger partial charge in [-0.05, 0) is 67.1 Å². The number of carboxylic acids is 1. The van der Waals surface area contributed by atoms with E-state index in [1.54, 1.807) is 79.1 Å². The first-order chi connectivity index (χ1) is 39.8. The molecule has 0 fully saturated rings. The molecule has 4 aromatic carbocycles. The summed E-state index contributed by atoms with van der Waals surface area (Å²) in [4.78, 5) is 132. The first-order valence-electron chi connectivity index (χ1n) is 26.9. The number of H-pyrrole nitrogens is 2. The average molecular weight is 1380 g/mol. The van der Waals surface area contributed by atoms with Crippen molar-refractivity contribution >= 4 is 100 Å². The zero-order chi connectivity index (χ0) is 60.2. The molecular weight excluding hydrogens is 1310 g/mol. The molecule has 0 saturated heterocycles. The first kappa shape index (κ1) is 69.9. The maximum Gasteiger partial charge on any atom is 0.246 e. The molecule has 6 aromatic rings. The van der Waals surface area contributed by atoms with Crippen LogP contribution in [-0.4, -0.2) is 152 Å². The van der Waals surface area contributed by atoms with Crippen LogP contribution in [-0.2, 0) is 120 Å². The third-order valence-electron chi connectivity index (χ3n) is 13.9. The fourth-order valence-corrected chi connectivity index (χ4v) is 9.88. The number of aromatic amines is 2. The molecule has 0 saturated carbocycles. The van der Waals surface area contributed by atoms with Gasteiger partial charge in [0.05, 0.1) is 30.7 Å². The third-order valence-corrected chi connectivity index (χ3v) is 14.5. The van der Waals surface area contributed by atoms with Crippen LogP contribution in [0.5, 0.6) is 0 Å². The fraction of sp³-hybridized carbons (Fsp3) is 0.362. The van der Waals surface area contributed by atoms with Gasteiger partial charge in [0.25, 0.3) is 0 Å². The molecule has 0 spiro atoms. The number of carbonyl (C=O) groups is 9. The topological polar surface area (TPSA) is 410 Å². The molecule has 6 rings (SSSR count). The van der Waals surface area contributed by atoms with Crippen LogP contribution in [0.25, 0.3) is 21.8 Å². The molecule has 1 radical (unpaired) electrons. The van der Waals surface area contributed by atoms with Gasteiger partial charge in [0.15, 0.2) is 0 Å². The van der Waals surface area contributed by atoms with Crippen LogP contribution >= 0.6 is 0 Å². The minimum absolute atomic E-state index is 0. The summed E-state index contributed by atoms with van der Waals surface area (Å²) < 4.78 is 0. The number of aliphatic carboxylic acids is 1. The van der Waals surface area contributed by atoms with E-state index in [0.717, 1.165) is 10.9 Å². The molecule has 15 N–H and O–H groups in total. The van der Waals surface area contributed by atoms with Crippen molar-refractivity contribution in [3.63, 3.8) is 0 Å². The van der Waals surface area contributed by atoms with Gasteiger partial charge < -0.3 is 110 Å². The van der Waals surface area contributed by atoms with E-state index in [0.29, 0.717) is 44.5 Å². The van der Waals surface area contributed by atoms with Crippen molar-refractivity contribution in [1.29, 1.82) is 0 Å². The van der Waals surface area contributed by atoms with Crippen molar-refractivity contribution in [2.24, 2.45) is 17.2 Å². The molecule has 0 aliphatic carbocycles. The maximum atomic E-state index is 15.1. The van der Waals surface area contributed by atoms with Gasteiger partial charge in [-0.15, -0.1) is 0 Å². The van der Waals surface area contributed by atoms with Crippen molar-refractivity contribution in [3.05, 3.63) is 144 Å². The number of benzene rings is 4. The SMILES string of the molecule is C[C@@H](O)[C@H](NC(=O)[C@H](CCCCN)NC(=O)[C@@H](Cc1c[nH]c2ccccc12)NC(=O)[C@H](Cc1c[nH]c2ccccc12)NC(=O)[C@H](Cc1ccccc1)NC(=O)[C@@H](N)C[S-])C(=O)N[C@@H](Cc1ccccc1)C(=O)N(CC(N)=O)[C@H](C[S-])C(=O)[O-].[O-2].[Re]. The molecule has 0 aliphatic rings. The summed E-state index contributed by atoms with van der Waals surface area (Å²) in [5.74, 6) is -9.89. The first-order valence-corrected chi connectivity index (χ1v) is 28.1. The smallest absolute Gasteiger partial charge is 0.246 e. The van der Waals surface area contributed by atoms with Crippen molar-refractivity contribution in [2.45, 2.75) is 106 Å². The van der Waals surface area contributed by atoms with Gasteiger partial charge in [-0.3, -0.25) is 38.4 Å². The van der Waals surface area contributed by atoms with Crippen molar-refractivity contribution < 1.29 is 79.3 Å². The summed E-state index contributed by atoms with van der Waals surface area (Å²) in [6, 6.07) is 19.7. The Morgan fingerprint density at radius 2 is 1.00 bits per heavy atom. The number of hydrogen-bond acceptors (Lipinski definition) is 15. The van der Waals surface area contributed by atoms with E-state index >= 15 is 9.59 Å². The number of rotatable bonds is 32. The van der Waals surface area contributed by atoms with Crippen LogP contribution in [0.3, 0.4) is 0 Å². The second kappa shape index (κ2) is 34.4. The van der Waals surface area contributed by atoms with E-state index in [1.807, 2.05) is 42.5 Å².